The van der Waals surface area contributed by atoms with Gasteiger partial charge in [-0.25, -0.2) is 8.42 Å². The van der Waals surface area contributed by atoms with Crippen molar-refractivity contribution < 1.29 is 18.0 Å². The Morgan fingerprint density at radius 1 is 1.33 bits per heavy atom. The summed E-state index contributed by atoms with van der Waals surface area (Å²) in [6.07, 6.45) is 7.05. The first-order chi connectivity index (χ1) is 12.8. The molecule has 1 aliphatic carbocycles. The predicted octanol–water partition coefficient (Wildman–Crippen LogP) is 0.0934. The van der Waals surface area contributed by atoms with Crippen LogP contribution in [0.15, 0.2) is 12.3 Å². The van der Waals surface area contributed by atoms with Crippen LogP contribution < -0.4 is 10.2 Å². The first-order valence-electron chi connectivity index (χ1n) is 9.30. The van der Waals surface area contributed by atoms with Crippen molar-refractivity contribution in [1.29, 1.82) is 0 Å². The quantitative estimate of drug-likeness (QED) is 0.702. The maximum absolute atomic E-state index is 13.0. The Morgan fingerprint density at radius 2 is 2.07 bits per heavy atom. The second-order valence-corrected chi connectivity index (χ2v) is 9.31. The smallest absolute Gasteiger partial charge is 0.246 e. The fourth-order valence-corrected chi connectivity index (χ4v) is 4.60. The molecule has 1 atom stereocenters. The minimum atomic E-state index is -3.72. The second-order valence-electron chi connectivity index (χ2n) is 7.37. The van der Waals surface area contributed by atoms with E-state index < -0.39 is 16.1 Å². The largest absolute Gasteiger partial charge is 0.355 e. The van der Waals surface area contributed by atoms with E-state index in [2.05, 4.69) is 10.4 Å². The van der Waals surface area contributed by atoms with Crippen molar-refractivity contribution in [3.8, 4) is 0 Å². The highest BCUT2D eigenvalue weighted by atomic mass is 32.2. The van der Waals surface area contributed by atoms with Crippen LogP contribution in [0.1, 0.15) is 32.1 Å². The van der Waals surface area contributed by atoms with Gasteiger partial charge in [0.15, 0.2) is 0 Å². The molecule has 1 aromatic rings. The Kier molecular flexibility index (Phi) is 5.85. The molecular formula is C17H27N5O4S. The number of sulfonamides is 1. The maximum atomic E-state index is 13.0. The summed E-state index contributed by atoms with van der Waals surface area (Å²) < 4.78 is 27.3. The van der Waals surface area contributed by atoms with Gasteiger partial charge in [0.2, 0.25) is 21.8 Å². The number of carbonyl (C=O) groups is 2. The van der Waals surface area contributed by atoms with Gasteiger partial charge in [0, 0.05) is 26.2 Å². The Labute approximate surface area is 159 Å². The molecule has 1 saturated carbocycles. The van der Waals surface area contributed by atoms with Crippen molar-refractivity contribution in [2.75, 3.05) is 30.8 Å². The van der Waals surface area contributed by atoms with Crippen LogP contribution in [0.3, 0.4) is 0 Å². The van der Waals surface area contributed by atoms with Crippen molar-refractivity contribution in [2.45, 2.75) is 38.1 Å². The number of rotatable bonds is 7. The summed E-state index contributed by atoms with van der Waals surface area (Å²) >= 11 is 0. The summed E-state index contributed by atoms with van der Waals surface area (Å²) in [5.41, 5.74) is 0. The van der Waals surface area contributed by atoms with Gasteiger partial charge in [-0.1, -0.05) is 6.42 Å². The summed E-state index contributed by atoms with van der Waals surface area (Å²) in [7, 11) is -1.99. The second kappa shape index (κ2) is 7.97. The number of nitrogens with zero attached hydrogens (tertiary/aromatic N) is 4. The number of hydrogen-bond acceptors (Lipinski definition) is 5. The van der Waals surface area contributed by atoms with Crippen molar-refractivity contribution >= 4 is 27.7 Å². The van der Waals surface area contributed by atoms with Crippen LogP contribution in [0.2, 0.25) is 0 Å². The number of piperidine rings is 1. The van der Waals surface area contributed by atoms with E-state index in [0.29, 0.717) is 37.7 Å². The number of nitrogens with one attached hydrogen (secondary N) is 1. The molecule has 0 bridgehead atoms. The number of aromatic nitrogens is 2. The first kappa shape index (κ1) is 19.8. The molecule has 0 radical (unpaired) electrons. The number of amides is 2. The number of anilines is 1. The van der Waals surface area contributed by atoms with Gasteiger partial charge in [-0.05, 0) is 31.6 Å². The zero-order chi connectivity index (χ0) is 19.6. The van der Waals surface area contributed by atoms with Gasteiger partial charge in [0.25, 0.3) is 0 Å². The molecule has 0 spiro atoms. The molecule has 2 heterocycles. The summed E-state index contributed by atoms with van der Waals surface area (Å²) in [6.45, 7) is 0.734. The number of aryl methyl sites for hydroxylation is 1. The Hall–Kier alpha value is -1.94. The van der Waals surface area contributed by atoms with Crippen molar-refractivity contribution in [2.24, 2.45) is 13.0 Å². The van der Waals surface area contributed by atoms with Crippen LogP contribution in [-0.2, 0) is 26.7 Å². The van der Waals surface area contributed by atoms with E-state index in [9.17, 15) is 18.0 Å². The van der Waals surface area contributed by atoms with Gasteiger partial charge in [-0.3, -0.25) is 19.2 Å². The summed E-state index contributed by atoms with van der Waals surface area (Å²) in [4.78, 5) is 26.9. The van der Waals surface area contributed by atoms with E-state index in [0.717, 1.165) is 23.4 Å². The lowest BCUT2D eigenvalue weighted by atomic mass is 9.85. The third-order valence-electron chi connectivity index (χ3n) is 5.37. The van der Waals surface area contributed by atoms with Crippen LogP contribution in [-0.4, -0.2) is 66.2 Å². The van der Waals surface area contributed by atoms with Crippen molar-refractivity contribution in [3.63, 3.8) is 0 Å². The van der Waals surface area contributed by atoms with Gasteiger partial charge in [0.05, 0.1) is 19.0 Å². The maximum Gasteiger partial charge on any atom is 0.246 e. The molecule has 1 aliphatic heterocycles. The average Bonchev–Trinajstić information content (AvgIpc) is 2.97. The van der Waals surface area contributed by atoms with Crippen LogP contribution in [0.5, 0.6) is 0 Å². The van der Waals surface area contributed by atoms with Crippen molar-refractivity contribution in [1.82, 2.24) is 19.4 Å². The summed E-state index contributed by atoms with van der Waals surface area (Å²) in [5, 5.41) is 6.88. The van der Waals surface area contributed by atoms with Gasteiger partial charge >= 0.3 is 0 Å². The molecule has 2 fully saturated rings. The Morgan fingerprint density at radius 3 is 2.63 bits per heavy atom. The summed E-state index contributed by atoms with van der Waals surface area (Å²) in [6, 6.07) is 0.842. The minimum Gasteiger partial charge on any atom is -0.355 e. The molecule has 2 aliphatic rings. The molecule has 1 N–H and O–H groups in total. The normalized spacial score (nSPS) is 21.4. The van der Waals surface area contributed by atoms with E-state index in [-0.39, 0.29) is 18.4 Å². The fraction of sp³-hybridized carbons (Fsp3) is 0.706. The van der Waals surface area contributed by atoms with Gasteiger partial charge < -0.3 is 5.32 Å². The van der Waals surface area contributed by atoms with Gasteiger partial charge in [-0.15, -0.1) is 0 Å². The predicted molar refractivity (Wildman–Crippen MR) is 100 cm³/mol. The molecule has 9 nitrogen and oxygen atoms in total. The highest BCUT2D eigenvalue weighted by molar-refractivity contribution is 7.88. The van der Waals surface area contributed by atoms with Crippen LogP contribution in [0, 0.1) is 5.92 Å². The SMILES string of the molecule is Cn1nccc1N1CCCC(N(CC(=O)NCC2CCC2)S(C)(=O)=O)C1=O. The third kappa shape index (κ3) is 4.49. The van der Waals surface area contributed by atoms with Gasteiger partial charge in [0.1, 0.15) is 11.9 Å². The van der Waals surface area contributed by atoms with Crippen molar-refractivity contribution in [3.05, 3.63) is 12.3 Å². The lowest BCUT2D eigenvalue weighted by molar-refractivity contribution is -0.126. The van der Waals surface area contributed by atoms with Crippen LogP contribution >= 0.6 is 0 Å². The molecule has 1 unspecified atom stereocenters. The first-order valence-corrected chi connectivity index (χ1v) is 11.1. The highest BCUT2D eigenvalue weighted by Crippen LogP contribution is 2.26. The topological polar surface area (TPSA) is 105 Å². The minimum absolute atomic E-state index is 0.318. The highest BCUT2D eigenvalue weighted by Gasteiger charge is 2.39. The fourth-order valence-electron chi connectivity index (χ4n) is 3.59. The Bertz CT molecular complexity index is 802. The van der Waals surface area contributed by atoms with E-state index in [1.165, 1.54) is 6.42 Å². The molecule has 1 aromatic heterocycles. The monoisotopic (exact) mass is 397 g/mol. The lowest BCUT2D eigenvalue weighted by Gasteiger charge is -2.36. The van der Waals surface area contributed by atoms with E-state index in [1.807, 2.05) is 0 Å². The zero-order valence-electron chi connectivity index (χ0n) is 15.8. The van der Waals surface area contributed by atoms with Crippen LogP contribution in [0.4, 0.5) is 5.82 Å². The molecule has 10 heteroatoms. The number of hydrogen-bond donors (Lipinski definition) is 1. The van der Waals surface area contributed by atoms with Gasteiger partial charge in [-0.2, -0.15) is 9.40 Å². The average molecular weight is 398 g/mol. The molecular weight excluding hydrogens is 370 g/mol. The summed E-state index contributed by atoms with van der Waals surface area (Å²) in [5.74, 6) is 0.421. The van der Waals surface area contributed by atoms with E-state index in [1.54, 1.807) is 28.9 Å². The Balaban J connectivity index is 1.72. The number of carbonyl (C=O) groups excluding carboxylic acids is 2. The molecule has 150 valence electrons. The molecule has 3 rings (SSSR count). The zero-order valence-corrected chi connectivity index (χ0v) is 16.6. The standard InChI is InChI=1S/C17H27N5O4S/c1-20-16(8-9-19-20)21-10-4-7-14(17(21)24)22(27(2,25)26)12-15(23)18-11-13-5-3-6-13/h8-9,13-14H,3-7,10-12H2,1-2H3,(H,18,23). The molecule has 2 amide bonds. The van der Waals surface area contributed by atoms with E-state index >= 15 is 0 Å². The molecule has 27 heavy (non-hydrogen) atoms. The molecule has 0 aromatic carbocycles. The lowest BCUT2D eigenvalue weighted by Crippen LogP contribution is -2.56. The third-order valence-corrected chi connectivity index (χ3v) is 6.60. The van der Waals surface area contributed by atoms with Crippen LogP contribution in [0.25, 0.3) is 0 Å². The van der Waals surface area contributed by atoms with E-state index in [4.69, 9.17) is 0 Å². The molecule has 1 saturated heterocycles.